The molecule has 0 aliphatic heterocycles. The van der Waals surface area contributed by atoms with Crippen molar-refractivity contribution in [1.82, 2.24) is 5.32 Å². The number of phenols is 1. The Labute approximate surface area is 125 Å². The lowest BCUT2D eigenvalue weighted by Gasteiger charge is -2.16. The lowest BCUT2D eigenvalue weighted by Crippen LogP contribution is -2.27. The van der Waals surface area contributed by atoms with Gasteiger partial charge in [0.15, 0.2) is 0 Å². The van der Waals surface area contributed by atoms with Gasteiger partial charge < -0.3 is 10.4 Å². The first-order chi connectivity index (χ1) is 8.66. The summed E-state index contributed by atoms with van der Waals surface area (Å²) >= 11 is 6.74. The van der Waals surface area contributed by atoms with Crippen LogP contribution in [-0.2, 0) is 6.54 Å². The van der Waals surface area contributed by atoms with E-state index in [4.69, 9.17) is 0 Å². The standard InChI is InChI=1S/C14H19Br2NO/c15-12-7-10(8-13(16)14(12)18)9-17-11-5-3-1-2-4-6-11/h7-8,11,17-18H,1-6,9H2. The molecule has 0 radical (unpaired) electrons. The van der Waals surface area contributed by atoms with Crippen LogP contribution < -0.4 is 5.32 Å². The molecule has 100 valence electrons. The van der Waals surface area contributed by atoms with Crippen molar-refractivity contribution in [3.8, 4) is 5.75 Å². The first-order valence-electron chi connectivity index (χ1n) is 6.57. The van der Waals surface area contributed by atoms with E-state index in [1.54, 1.807) is 0 Å². The van der Waals surface area contributed by atoms with Gasteiger partial charge in [0, 0.05) is 12.6 Å². The Kier molecular flexibility index (Phi) is 5.52. The fourth-order valence-corrected chi connectivity index (χ4v) is 3.75. The van der Waals surface area contributed by atoms with E-state index in [0.29, 0.717) is 6.04 Å². The number of nitrogens with one attached hydrogen (secondary N) is 1. The number of hydrogen-bond acceptors (Lipinski definition) is 2. The molecule has 0 unspecified atom stereocenters. The minimum atomic E-state index is 0.271. The van der Waals surface area contributed by atoms with Crippen LogP contribution in [0.2, 0.25) is 0 Å². The van der Waals surface area contributed by atoms with Crippen LogP contribution in [-0.4, -0.2) is 11.1 Å². The van der Waals surface area contributed by atoms with E-state index in [2.05, 4.69) is 37.2 Å². The molecule has 0 aromatic heterocycles. The van der Waals surface area contributed by atoms with Gasteiger partial charge in [0.2, 0.25) is 0 Å². The zero-order valence-corrected chi connectivity index (χ0v) is 13.6. The molecule has 1 aliphatic carbocycles. The van der Waals surface area contributed by atoms with E-state index in [9.17, 15) is 5.11 Å². The van der Waals surface area contributed by atoms with Crippen molar-refractivity contribution in [2.24, 2.45) is 0 Å². The Hall–Kier alpha value is -0.0600. The van der Waals surface area contributed by atoms with Crippen molar-refractivity contribution in [3.63, 3.8) is 0 Å². The summed E-state index contributed by atoms with van der Waals surface area (Å²) in [7, 11) is 0. The third kappa shape index (κ3) is 3.97. The summed E-state index contributed by atoms with van der Waals surface area (Å²) < 4.78 is 1.49. The maximum Gasteiger partial charge on any atom is 0.143 e. The predicted octanol–water partition coefficient (Wildman–Crippen LogP) is 4.73. The summed E-state index contributed by atoms with van der Waals surface area (Å²) in [6.45, 7) is 0.863. The summed E-state index contributed by atoms with van der Waals surface area (Å²) in [5.74, 6) is 0.271. The van der Waals surface area contributed by atoms with Gasteiger partial charge in [-0.2, -0.15) is 0 Å². The minimum absolute atomic E-state index is 0.271. The molecule has 2 nitrogen and oxygen atoms in total. The van der Waals surface area contributed by atoms with Gasteiger partial charge >= 0.3 is 0 Å². The van der Waals surface area contributed by atoms with E-state index in [0.717, 1.165) is 15.5 Å². The Bertz CT molecular complexity index is 378. The van der Waals surface area contributed by atoms with Crippen LogP contribution in [0.25, 0.3) is 0 Å². The van der Waals surface area contributed by atoms with E-state index < -0.39 is 0 Å². The molecule has 2 N–H and O–H groups in total. The normalized spacial score (nSPS) is 17.7. The SMILES string of the molecule is Oc1c(Br)cc(CNC2CCCCCC2)cc1Br. The minimum Gasteiger partial charge on any atom is -0.506 e. The number of aromatic hydroxyl groups is 1. The van der Waals surface area contributed by atoms with E-state index >= 15 is 0 Å². The van der Waals surface area contributed by atoms with Crippen LogP contribution in [0.15, 0.2) is 21.1 Å². The van der Waals surface area contributed by atoms with E-state index in [1.165, 1.54) is 44.1 Å². The van der Waals surface area contributed by atoms with Crippen molar-refractivity contribution >= 4 is 31.9 Å². The van der Waals surface area contributed by atoms with Crippen LogP contribution >= 0.6 is 31.9 Å². The monoisotopic (exact) mass is 375 g/mol. The first kappa shape index (κ1) is 14.4. The van der Waals surface area contributed by atoms with Gasteiger partial charge in [0.05, 0.1) is 8.95 Å². The molecule has 1 aliphatic rings. The van der Waals surface area contributed by atoms with Gasteiger partial charge in [-0.3, -0.25) is 0 Å². The number of halogens is 2. The average Bonchev–Trinajstić information content (AvgIpc) is 2.61. The average molecular weight is 377 g/mol. The van der Waals surface area contributed by atoms with Crippen molar-refractivity contribution in [2.75, 3.05) is 0 Å². The molecule has 18 heavy (non-hydrogen) atoms. The summed E-state index contributed by atoms with van der Waals surface area (Å²) in [5.41, 5.74) is 1.19. The molecule has 1 aromatic carbocycles. The maximum absolute atomic E-state index is 9.67. The van der Waals surface area contributed by atoms with Crippen LogP contribution in [0.3, 0.4) is 0 Å². The van der Waals surface area contributed by atoms with E-state index in [1.807, 2.05) is 12.1 Å². The molecule has 1 fully saturated rings. The maximum atomic E-state index is 9.67. The van der Waals surface area contributed by atoms with Crippen LogP contribution in [0, 0.1) is 0 Å². The summed E-state index contributed by atoms with van der Waals surface area (Å²) in [4.78, 5) is 0. The van der Waals surface area contributed by atoms with Gasteiger partial charge in [-0.25, -0.2) is 0 Å². The molecule has 0 bridgehead atoms. The highest BCUT2D eigenvalue weighted by atomic mass is 79.9. The van der Waals surface area contributed by atoms with Crippen LogP contribution in [0.4, 0.5) is 0 Å². The van der Waals surface area contributed by atoms with Gasteiger partial charge in [0.25, 0.3) is 0 Å². The molecule has 0 heterocycles. The Morgan fingerprint density at radius 1 is 1.06 bits per heavy atom. The summed E-state index contributed by atoms with van der Waals surface area (Å²) in [6.07, 6.45) is 8.05. The number of benzene rings is 1. The van der Waals surface area contributed by atoms with Crippen molar-refractivity contribution in [3.05, 3.63) is 26.6 Å². The molecule has 0 spiro atoms. The third-order valence-corrected chi connectivity index (χ3v) is 4.74. The second kappa shape index (κ2) is 6.92. The number of rotatable bonds is 3. The topological polar surface area (TPSA) is 32.3 Å². The Morgan fingerprint density at radius 2 is 1.61 bits per heavy atom. The Morgan fingerprint density at radius 3 is 2.17 bits per heavy atom. The van der Waals surface area contributed by atoms with Crippen molar-refractivity contribution < 1.29 is 5.11 Å². The molecule has 2 rings (SSSR count). The van der Waals surface area contributed by atoms with Crippen molar-refractivity contribution in [1.29, 1.82) is 0 Å². The second-order valence-corrected chi connectivity index (χ2v) is 6.69. The molecular weight excluding hydrogens is 358 g/mol. The largest absolute Gasteiger partial charge is 0.506 e. The number of phenolic OH excluding ortho intramolecular Hbond substituents is 1. The first-order valence-corrected chi connectivity index (χ1v) is 8.15. The highest BCUT2D eigenvalue weighted by molar-refractivity contribution is 9.11. The van der Waals surface area contributed by atoms with Crippen molar-refractivity contribution in [2.45, 2.75) is 51.1 Å². The summed E-state index contributed by atoms with van der Waals surface area (Å²) in [6, 6.07) is 4.60. The zero-order chi connectivity index (χ0) is 13.0. The molecular formula is C14H19Br2NO. The van der Waals surface area contributed by atoms with Gasteiger partial charge in [-0.15, -0.1) is 0 Å². The third-order valence-electron chi connectivity index (χ3n) is 3.53. The zero-order valence-electron chi connectivity index (χ0n) is 10.4. The molecule has 0 atom stereocenters. The van der Waals surface area contributed by atoms with Crippen LogP contribution in [0.1, 0.15) is 44.1 Å². The fraction of sp³-hybridized carbons (Fsp3) is 0.571. The molecule has 0 saturated heterocycles. The summed E-state index contributed by atoms with van der Waals surface area (Å²) in [5, 5.41) is 13.3. The quantitative estimate of drug-likeness (QED) is 0.747. The van der Waals surface area contributed by atoms with Gasteiger partial charge in [-0.05, 0) is 62.4 Å². The molecule has 0 amide bonds. The Balaban J connectivity index is 1.93. The fourth-order valence-electron chi connectivity index (χ4n) is 2.47. The lowest BCUT2D eigenvalue weighted by atomic mass is 10.1. The highest BCUT2D eigenvalue weighted by Crippen LogP contribution is 2.33. The van der Waals surface area contributed by atoms with Gasteiger partial charge in [0.1, 0.15) is 5.75 Å². The second-order valence-electron chi connectivity index (χ2n) is 4.98. The molecule has 4 heteroatoms. The molecule has 1 aromatic rings. The van der Waals surface area contributed by atoms with Gasteiger partial charge in [-0.1, -0.05) is 25.7 Å². The lowest BCUT2D eigenvalue weighted by molar-refractivity contribution is 0.456. The molecule has 1 saturated carbocycles. The highest BCUT2D eigenvalue weighted by Gasteiger charge is 2.12. The van der Waals surface area contributed by atoms with E-state index in [-0.39, 0.29) is 5.75 Å². The van der Waals surface area contributed by atoms with Crippen LogP contribution in [0.5, 0.6) is 5.75 Å². The predicted molar refractivity (Wildman–Crippen MR) is 81.8 cm³/mol. The number of hydrogen-bond donors (Lipinski definition) is 2. The smallest absolute Gasteiger partial charge is 0.143 e.